The number of thioether (sulfide) groups is 1. The molecule has 0 spiro atoms. The lowest BCUT2D eigenvalue weighted by molar-refractivity contribution is -0.137. The second kappa shape index (κ2) is 6.59. The number of alkyl halides is 3. The number of nitrogens with one attached hydrogen (secondary N) is 1. The summed E-state index contributed by atoms with van der Waals surface area (Å²) in [4.78, 5) is 21.4. The third kappa shape index (κ3) is 3.18. The fraction of sp³-hybridized carbons (Fsp3) is 0.294. The second-order valence-corrected chi connectivity index (χ2v) is 8.81. The van der Waals surface area contributed by atoms with Crippen LogP contribution in [0.4, 0.5) is 13.2 Å². The van der Waals surface area contributed by atoms with Crippen molar-refractivity contribution >= 4 is 39.0 Å². The monoisotopic (exact) mass is 425 g/mol. The Morgan fingerprint density at radius 2 is 2.00 bits per heavy atom. The number of thiophene rings is 1. The highest BCUT2D eigenvalue weighted by Crippen LogP contribution is 2.35. The van der Waals surface area contributed by atoms with Crippen molar-refractivity contribution in [3.05, 3.63) is 50.5 Å². The summed E-state index contributed by atoms with van der Waals surface area (Å²) in [6.45, 7) is 5.61. The first-order valence-corrected chi connectivity index (χ1v) is 9.93. The molecule has 146 valence electrons. The first-order chi connectivity index (χ1) is 13.1. The molecule has 0 aromatic carbocycles. The summed E-state index contributed by atoms with van der Waals surface area (Å²) in [6.07, 6.45) is -3.49. The average molecular weight is 425 g/mol. The zero-order valence-electron chi connectivity index (χ0n) is 15.0. The molecule has 0 amide bonds. The van der Waals surface area contributed by atoms with Crippen LogP contribution in [0, 0.1) is 13.8 Å². The highest BCUT2D eigenvalue weighted by molar-refractivity contribution is 7.99. The molecule has 11 heteroatoms. The van der Waals surface area contributed by atoms with E-state index in [1.165, 1.54) is 33.6 Å². The molecular weight excluding hydrogens is 411 g/mol. The van der Waals surface area contributed by atoms with Gasteiger partial charge in [-0.25, -0.2) is 4.98 Å². The number of pyridine rings is 1. The summed E-state index contributed by atoms with van der Waals surface area (Å²) in [6, 6.07) is 2.24. The number of fused-ring (bicyclic) bond motifs is 2. The van der Waals surface area contributed by atoms with Crippen LogP contribution in [0.5, 0.6) is 0 Å². The number of hydrogen-bond donors (Lipinski definition) is 1. The van der Waals surface area contributed by atoms with Crippen molar-refractivity contribution in [2.24, 2.45) is 0 Å². The van der Waals surface area contributed by atoms with E-state index in [0.717, 1.165) is 22.7 Å². The van der Waals surface area contributed by atoms with Crippen LogP contribution in [0.3, 0.4) is 0 Å². The molecule has 1 atom stereocenters. The van der Waals surface area contributed by atoms with Crippen molar-refractivity contribution in [2.75, 3.05) is 0 Å². The normalized spacial score (nSPS) is 13.5. The first kappa shape index (κ1) is 18.9. The van der Waals surface area contributed by atoms with E-state index in [4.69, 9.17) is 0 Å². The number of aromatic nitrogens is 5. The van der Waals surface area contributed by atoms with Crippen molar-refractivity contribution in [1.29, 1.82) is 0 Å². The molecule has 0 aliphatic carbocycles. The van der Waals surface area contributed by atoms with Crippen LogP contribution < -0.4 is 5.56 Å². The number of rotatable bonds is 3. The summed E-state index contributed by atoms with van der Waals surface area (Å²) in [5.41, 5.74) is 0.208. The summed E-state index contributed by atoms with van der Waals surface area (Å²) in [5.74, 6) is 0.437. The van der Waals surface area contributed by atoms with E-state index >= 15 is 0 Å². The molecule has 4 rings (SSSR count). The molecule has 4 aromatic heterocycles. The number of H-pyrrole nitrogens is 1. The molecule has 0 aliphatic heterocycles. The van der Waals surface area contributed by atoms with Gasteiger partial charge in [-0.15, -0.1) is 21.5 Å². The van der Waals surface area contributed by atoms with Crippen LogP contribution in [-0.4, -0.2) is 24.6 Å². The number of nitrogens with zero attached hydrogens (tertiary/aromatic N) is 4. The van der Waals surface area contributed by atoms with Crippen molar-refractivity contribution in [3.8, 4) is 0 Å². The van der Waals surface area contributed by atoms with E-state index in [0.29, 0.717) is 21.7 Å². The van der Waals surface area contributed by atoms with E-state index in [9.17, 15) is 18.0 Å². The van der Waals surface area contributed by atoms with Crippen LogP contribution in [0.1, 0.15) is 34.0 Å². The molecule has 0 radical (unpaired) electrons. The molecule has 4 heterocycles. The summed E-state index contributed by atoms with van der Waals surface area (Å²) >= 11 is 2.62. The van der Waals surface area contributed by atoms with Gasteiger partial charge in [0.25, 0.3) is 5.56 Å². The Labute approximate surface area is 164 Å². The van der Waals surface area contributed by atoms with Crippen LogP contribution in [0.15, 0.2) is 28.3 Å². The summed E-state index contributed by atoms with van der Waals surface area (Å²) in [5, 5.41) is 8.40. The molecular formula is C17H14F3N5OS2. The number of hydrogen-bond acceptors (Lipinski definition) is 6. The zero-order valence-corrected chi connectivity index (χ0v) is 16.6. The molecule has 4 aromatic rings. The fourth-order valence-electron chi connectivity index (χ4n) is 2.80. The van der Waals surface area contributed by atoms with Gasteiger partial charge >= 0.3 is 6.18 Å². The fourth-order valence-corrected chi connectivity index (χ4v) is 4.72. The van der Waals surface area contributed by atoms with Gasteiger partial charge in [0.2, 0.25) is 0 Å². The quantitative estimate of drug-likeness (QED) is 0.489. The summed E-state index contributed by atoms with van der Waals surface area (Å²) < 4.78 is 40.3. The Hall–Kier alpha value is -2.40. The van der Waals surface area contributed by atoms with Gasteiger partial charge in [-0.3, -0.25) is 9.20 Å². The van der Waals surface area contributed by atoms with Gasteiger partial charge in [-0.05, 0) is 38.5 Å². The van der Waals surface area contributed by atoms with Crippen molar-refractivity contribution in [3.63, 3.8) is 0 Å². The van der Waals surface area contributed by atoms with Crippen LogP contribution in [0.25, 0.3) is 15.9 Å². The molecule has 1 unspecified atom stereocenters. The maximum atomic E-state index is 13.0. The van der Waals surface area contributed by atoms with Crippen LogP contribution in [-0.2, 0) is 6.18 Å². The van der Waals surface area contributed by atoms with E-state index < -0.39 is 11.7 Å². The molecule has 1 N–H and O–H groups in total. The molecule has 0 saturated heterocycles. The lowest BCUT2D eigenvalue weighted by atomic mass is 10.2. The minimum atomic E-state index is -4.46. The van der Waals surface area contributed by atoms with Gasteiger partial charge in [0.1, 0.15) is 10.7 Å². The van der Waals surface area contributed by atoms with Gasteiger partial charge in [-0.1, -0.05) is 11.8 Å². The Morgan fingerprint density at radius 1 is 1.25 bits per heavy atom. The van der Waals surface area contributed by atoms with Crippen molar-refractivity contribution in [2.45, 2.75) is 37.4 Å². The molecule has 28 heavy (non-hydrogen) atoms. The Morgan fingerprint density at radius 3 is 2.71 bits per heavy atom. The highest BCUT2D eigenvalue weighted by Gasteiger charge is 2.31. The minimum Gasteiger partial charge on any atom is -0.309 e. The smallest absolute Gasteiger partial charge is 0.309 e. The van der Waals surface area contributed by atoms with Gasteiger partial charge < -0.3 is 4.98 Å². The number of halogens is 3. The highest BCUT2D eigenvalue weighted by atomic mass is 32.2. The van der Waals surface area contributed by atoms with Gasteiger partial charge in [0.15, 0.2) is 10.8 Å². The molecule has 0 bridgehead atoms. The molecule has 0 fully saturated rings. The van der Waals surface area contributed by atoms with Gasteiger partial charge in [0, 0.05) is 11.1 Å². The maximum Gasteiger partial charge on any atom is 0.417 e. The predicted octanol–water partition coefficient (Wildman–Crippen LogP) is 4.52. The summed E-state index contributed by atoms with van der Waals surface area (Å²) in [7, 11) is 0. The van der Waals surface area contributed by atoms with Crippen LogP contribution in [0.2, 0.25) is 0 Å². The first-order valence-electron chi connectivity index (χ1n) is 8.23. The molecule has 0 saturated carbocycles. The van der Waals surface area contributed by atoms with Gasteiger partial charge in [-0.2, -0.15) is 13.2 Å². The largest absolute Gasteiger partial charge is 0.417 e. The van der Waals surface area contributed by atoms with E-state index in [1.54, 1.807) is 6.92 Å². The Bertz CT molecular complexity index is 1260. The van der Waals surface area contributed by atoms with E-state index in [1.807, 2.05) is 13.8 Å². The standard InChI is InChI=1S/C17H14F3N5OS2/c1-7-8(2)27-15-12(7)14(26)21-13(22-15)9(3)28-16-24-23-11-5-4-10(6-25(11)16)17(18,19)20/h4-6,9H,1-3H3,(H,21,22,26). The van der Waals surface area contributed by atoms with Crippen LogP contribution >= 0.6 is 23.1 Å². The SMILES string of the molecule is Cc1sc2nc(C(C)Sc3nnc4ccc(C(F)(F)F)cn34)[nH]c(=O)c2c1C. The van der Waals surface area contributed by atoms with Crippen molar-refractivity contribution in [1.82, 2.24) is 24.6 Å². The topological polar surface area (TPSA) is 75.9 Å². The van der Waals surface area contributed by atoms with Gasteiger partial charge in [0.05, 0.1) is 16.2 Å². The second-order valence-electron chi connectivity index (χ2n) is 6.30. The lowest BCUT2D eigenvalue weighted by Crippen LogP contribution is -2.12. The Kier molecular flexibility index (Phi) is 4.46. The average Bonchev–Trinajstić information content (AvgIpc) is 3.15. The van der Waals surface area contributed by atoms with E-state index in [-0.39, 0.29) is 16.0 Å². The van der Waals surface area contributed by atoms with E-state index in [2.05, 4.69) is 20.2 Å². The lowest BCUT2D eigenvalue weighted by Gasteiger charge is -2.10. The predicted molar refractivity (Wildman–Crippen MR) is 102 cm³/mol. The van der Waals surface area contributed by atoms with Crippen molar-refractivity contribution < 1.29 is 13.2 Å². The third-order valence-electron chi connectivity index (χ3n) is 4.42. The number of aromatic amines is 1. The molecule has 6 nitrogen and oxygen atoms in total. The molecule has 0 aliphatic rings. The maximum absolute atomic E-state index is 13.0. The minimum absolute atomic E-state index is 0.222. The zero-order chi connectivity index (χ0) is 20.2. The Balaban J connectivity index is 1.71. The number of aryl methyl sites for hydroxylation is 2. The third-order valence-corrected chi connectivity index (χ3v) is 6.59.